The molecule has 0 aliphatic heterocycles. The van der Waals surface area contributed by atoms with Gasteiger partial charge in [-0.25, -0.2) is 0 Å². The molecule has 0 aliphatic carbocycles. The van der Waals surface area contributed by atoms with Crippen LogP contribution < -0.4 is 0 Å². The van der Waals surface area contributed by atoms with Crippen LogP contribution in [0.1, 0.15) is 125 Å². The molecule has 0 saturated carbocycles. The van der Waals surface area contributed by atoms with E-state index in [0.717, 1.165) is 0 Å². The zero-order chi connectivity index (χ0) is 40.0. The van der Waals surface area contributed by atoms with Gasteiger partial charge in [0.2, 0.25) is 0 Å². The molecule has 0 bridgehead atoms. The van der Waals surface area contributed by atoms with Crippen LogP contribution in [-0.2, 0) is 65.2 Å². The van der Waals surface area contributed by atoms with Gasteiger partial charge in [0, 0.05) is 140 Å². The van der Waals surface area contributed by atoms with Crippen molar-refractivity contribution in [2.75, 3.05) is 39.5 Å². The molecule has 0 rings (SSSR count). The van der Waals surface area contributed by atoms with Gasteiger partial charge in [0.15, 0.2) is 0 Å². The Hall–Kier alpha value is 1.62. The third-order valence-electron chi connectivity index (χ3n) is 1.25. The van der Waals surface area contributed by atoms with Crippen molar-refractivity contribution < 1.29 is 126 Å². The van der Waals surface area contributed by atoms with Crippen LogP contribution in [0.4, 0.5) is 0 Å². The van der Waals surface area contributed by atoms with Crippen LogP contribution in [0.25, 0.3) is 0 Å². The van der Waals surface area contributed by atoms with Gasteiger partial charge in [-0.15, -0.1) is 0 Å². The second-order valence-corrected chi connectivity index (χ2v) is 11.9. The van der Waals surface area contributed by atoms with Crippen molar-refractivity contribution >= 4 is 0 Å². The smallest absolute Gasteiger partial charge is 0.0558 e. The van der Waals surface area contributed by atoms with Crippen molar-refractivity contribution in [2.24, 2.45) is 0 Å². The Kier molecular flexibility index (Phi) is 149. The van der Waals surface area contributed by atoms with E-state index in [1.54, 1.807) is 130 Å². The van der Waals surface area contributed by atoms with Crippen molar-refractivity contribution in [3.8, 4) is 0 Å². The minimum atomic E-state index is -0.167. The third kappa shape index (κ3) is 997. The van der Waals surface area contributed by atoms with E-state index in [9.17, 15) is 0 Å². The molecule has 0 fully saturated rings. The largest absolute Gasteiger partial charge is 0.395 e. The van der Waals surface area contributed by atoms with Gasteiger partial charge in [-0.1, -0.05) is 0 Å². The Morgan fingerprint density at radius 3 is 0.367 bits per heavy atom. The van der Waals surface area contributed by atoms with Gasteiger partial charge in [-0.2, -0.15) is 0 Å². The van der Waals surface area contributed by atoms with E-state index in [1.165, 1.54) is 0 Å². The molecule has 49 heavy (non-hydrogen) atoms. The molecule has 0 saturated heterocycles. The summed E-state index contributed by atoms with van der Waals surface area (Å²) < 4.78 is 0. The molecule has 0 amide bonds. The third-order valence-corrected chi connectivity index (χ3v) is 1.25. The summed E-state index contributed by atoms with van der Waals surface area (Å²) in [6.45, 7) is 32.8. The standard InChI is InChI=1S/C6H15NO3.9C3H8O.3Ti/c8-4-1-7(2-5-9)3-6-10;9*1-3(2)4;;;/h8-10H,1-6H2;9*3-4H,1-2H3;;;. The molecular weight excluding hydrogens is 746 g/mol. The molecule has 0 aromatic heterocycles. The van der Waals surface area contributed by atoms with Crippen molar-refractivity contribution in [3.05, 3.63) is 0 Å². The molecule has 0 aromatic carbocycles. The number of nitrogens with zero attached hydrogens (tertiary/aromatic N) is 1. The van der Waals surface area contributed by atoms with Crippen molar-refractivity contribution in [3.63, 3.8) is 0 Å². The van der Waals surface area contributed by atoms with Gasteiger partial charge in [0.25, 0.3) is 0 Å². The monoisotopic (exact) mass is 833 g/mol. The molecule has 12 N–H and O–H groups in total. The van der Waals surface area contributed by atoms with E-state index < -0.39 is 0 Å². The maximum atomic E-state index is 8.48. The van der Waals surface area contributed by atoms with Crippen LogP contribution in [0.5, 0.6) is 0 Å². The molecule has 0 unspecified atom stereocenters. The van der Waals surface area contributed by atoms with Crippen LogP contribution in [0.2, 0.25) is 0 Å². The quantitative estimate of drug-likeness (QED) is 0.171. The van der Waals surface area contributed by atoms with Crippen LogP contribution in [0, 0.1) is 0 Å². The van der Waals surface area contributed by atoms with Gasteiger partial charge in [-0.3, -0.25) is 4.90 Å². The molecule has 0 aromatic rings. The van der Waals surface area contributed by atoms with E-state index in [-0.39, 0.29) is 140 Å². The predicted molar refractivity (Wildman–Crippen MR) is 194 cm³/mol. The Bertz CT molecular complexity index is 290. The van der Waals surface area contributed by atoms with E-state index in [4.69, 9.17) is 61.3 Å². The van der Waals surface area contributed by atoms with Crippen LogP contribution in [0.3, 0.4) is 0 Å². The second kappa shape index (κ2) is 82.9. The summed E-state index contributed by atoms with van der Waals surface area (Å²) >= 11 is 0. The molecule has 16 heteroatoms. The van der Waals surface area contributed by atoms with Crippen molar-refractivity contribution in [1.82, 2.24) is 4.90 Å². The van der Waals surface area contributed by atoms with E-state index in [1.807, 2.05) is 0 Å². The van der Waals surface area contributed by atoms with Crippen molar-refractivity contribution in [1.29, 1.82) is 0 Å². The normalized spacial score (nSPS) is 8.82. The predicted octanol–water partition coefficient (Wildman–Crippen LogP) is 1.74. The second-order valence-electron chi connectivity index (χ2n) is 11.9. The number of hydrogen-bond donors (Lipinski definition) is 12. The minimum absolute atomic E-state index is 0. The summed E-state index contributed by atoms with van der Waals surface area (Å²) in [6.07, 6.45) is -1.50. The first-order chi connectivity index (χ1) is 20.4. The molecule has 13 nitrogen and oxygen atoms in total. The molecular formula is C33H87NO12Ti3. The maximum absolute atomic E-state index is 8.48. The SMILES string of the molecule is CC(C)O.CC(C)O.CC(C)O.CC(C)O.CC(C)O.CC(C)O.CC(C)O.CC(C)O.CC(C)O.OCCN(CCO)CCO.[Ti].[Ti].[Ti]. The van der Waals surface area contributed by atoms with Gasteiger partial charge in [-0.05, 0) is 125 Å². The summed E-state index contributed by atoms with van der Waals surface area (Å²) in [4.78, 5) is 1.79. The fourth-order valence-electron chi connectivity index (χ4n) is 0.760. The number of aliphatic hydroxyl groups excluding tert-OH is 12. The van der Waals surface area contributed by atoms with Crippen LogP contribution >= 0.6 is 0 Å². The minimum Gasteiger partial charge on any atom is -0.395 e. The van der Waals surface area contributed by atoms with Crippen LogP contribution in [0.15, 0.2) is 0 Å². The Labute approximate surface area is 348 Å². The zero-order valence-corrected chi connectivity index (χ0v) is 39.4. The average molecular weight is 834 g/mol. The first kappa shape index (κ1) is 88.1. The fraction of sp³-hybridized carbons (Fsp3) is 1.00. The molecule has 0 radical (unpaired) electrons. The summed E-state index contributed by atoms with van der Waals surface area (Å²) in [5.74, 6) is 0. The fourth-order valence-corrected chi connectivity index (χ4v) is 0.760. The molecule has 0 aliphatic rings. The zero-order valence-electron chi connectivity index (χ0n) is 34.8. The number of hydrogen-bond acceptors (Lipinski definition) is 13. The Balaban J connectivity index is -0.0000000272. The molecule has 0 spiro atoms. The Morgan fingerprint density at radius 2 is 0.327 bits per heavy atom. The average Bonchev–Trinajstić information content (AvgIpc) is 2.70. The Morgan fingerprint density at radius 1 is 0.265 bits per heavy atom. The van der Waals surface area contributed by atoms with Gasteiger partial charge in [0.1, 0.15) is 0 Å². The summed E-state index contributed by atoms with van der Waals surface area (Å²) in [5, 5.41) is 98.0. The summed E-state index contributed by atoms with van der Waals surface area (Å²) in [6, 6.07) is 0. The van der Waals surface area contributed by atoms with Crippen LogP contribution in [-0.4, -0.2) is 161 Å². The van der Waals surface area contributed by atoms with E-state index >= 15 is 0 Å². The first-order valence-corrected chi connectivity index (χ1v) is 16.1. The summed E-state index contributed by atoms with van der Waals surface area (Å²) in [5.41, 5.74) is 0. The van der Waals surface area contributed by atoms with E-state index in [0.29, 0.717) is 19.6 Å². The maximum Gasteiger partial charge on any atom is 0.0558 e. The van der Waals surface area contributed by atoms with Gasteiger partial charge < -0.3 is 61.3 Å². The molecule has 0 heterocycles. The van der Waals surface area contributed by atoms with Gasteiger partial charge >= 0.3 is 0 Å². The molecule has 0 atom stereocenters. The topological polar surface area (TPSA) is 246 Å². The van der Waals surface area contributed by atoms with E-state index in [2.05, 4.69) is 0 Å². The first-order valence-electron chi connectivity index (χ1n) is 16.1. The van der Waals surface area contributed by atoms with Crippen molar-refractivity contribution in [2.45, 2.75) is 180 Å². The van der Waals surface area contributed by atoms with Gasteiger partial charge in [0.05, 0.1) is 19.8 Å². The number of aliphatic hydroxyl groups is 12. The molecule has 308 valence electrons. The summed E-state index contributed by atoms with van der Waals surface area (Å²) in [7, 11) is 0. The number of rotatable bonds is 6.